The van der Waals surface area contributed by atoms with Crippen LogP contribution in [0, 0.1) is 0 Å². The highest BCUT2D eigenvalue weighted by molar-refractivity contribution is 4.94. The zero-order valence-electron chi connectivity index (χ0n) is 5.41. The summed E-state index contributed by atoms with van der Waals surface area (Å²) in [6.45, 7) is 1.54. The SMILES string of the molecule is C[C@]1(O)CC[C@H](O)[C@H]1O. The molecular weight excluding hydrogens is 120 g/mol. The molecule has 9 heavy (non-hydrogen) atoms. The summed E-state index contributed by atoms with van der Waals surface area (Å²) in [5, 5.41) is 27.2. The molecule has 3 atom stereocenters. The molecule has 0 heterocycles. The van der Waals surface area contributed by atoms with Gasteiger partial charge in [-0.2, -0.15) is 0 Å². The number of rotatable bonds is 0. The second-order valence-corrected chi connectivity index (χ2v) is 2.91. The van der Waals surface area contributed by atoms with Crippen molar-refractivity contribution in [3.05, 3.63) is 0 Å². The second-order valence-electron chi connectivity index (χ2n) is 2.91. The van der Waals surface area contributed by atoms with Gasteiger partial charge in [0.05, 0.1) is 11.7 Å². The summed E-state index contributed by atoms with van der Waals surface area (Å²) in [6, 6.07) is 0. The molecule has 54 valence electrons. The predicted molar refractivity (Wildman–Crippen MR) is 31.9 cm³/mol. The minimum absolute atomic E-state index is 0.481. The maximum Gasteiger partial charge on any atom is 0.108 e. The molecule has 0 aliphatic heterocycles. The molecule has 3 nitrogen and oxygen atoms in total. The van der Waals surface area contributed by atoms with Crippen LogP contribution in [0.1, 0.15) is 19.8 Å². The van der Waals surface area contributed by atoms with E-state index in [1.807, 2.05) is 0 Å². The molecule has 0 amide bonds. The van der Waals surface area contributed by atoms with Crippen LogP contribution in [0.15, 0.2) is 0 Å². The van der Waals surface area contributed by atoms with Gasteiger partial charge in [0.2, 0.25) is 0 Å². The Hall–Kier alpha value is -0.120. The van der Waals surface area contributed by atoms with Gasteiger partial charge in [-0.05, 0) is 19.8 Å². The molecule has 3 N–H and O–H groups in total. The first-order chi connectivity index (χ1) is 4.04. The van der Waals surface area contributed by atoms with E-state index in [1.165, 1.54) is 6.92 Å². The standard InChI is InChI=1S/C6H12O3/c1-6(9)3-2-4(7)5(6)8/h4-5,7-9H,2-3H2,1H3/t4-,5+,6-/m0/s1. The molecule has 0 unspecified atom stereocenters. The largest absolute Gasteiger partial charge is 0.390 e. The molecule has 3 heteroatoms. The Morgan fingerprint density at radius 2 is 2.00 bits per heavy atom. The van der Waals surface area contributed by atoms with Crippen LogP contribution in [0.25, 0.3) is 0 Å². The average molecular weight is 132 g/mol. The fraction of sp³-hybridized carbons (Fsp3) is 1.00. The van der Waals surface area contributed by atoms with E-state index in [0.717, 1.165) is 0 Å². The molecule has 0 aromatic heterocycles. The first-order valence-electron chi connectivity index (χ1n) is 3.12. The van der Waals surface area contributed by atoms with Crippen molar-refractivity contribution in [1.82, 2.24) is 0 Å². The van der Waals surface area contributed by atoms with Gasteiger partial charge in [-0.1, -0.05) is 0 Å². The van der Waals surface area contributed by atoms with Crippen LogP contribution in [-0.2, 0) is 0 Å². The third-order valence-electron chi connectivity index (χ3n) is 1.95. The van der Waals surface area contributed by atoms with Gasteiger partial charge in [-0.15, -0.1) is 0 Å². The van der Waals surface area contributed by atoms with Crippen molar-refractivity contribution in [1.29, 1.82) is 0 Å². The van der Waals surface area contributed by atoms with Gasteiger partial charge in [0.25, 0.3) is 0 Å². The fourth-order valence-corrected chi connectivity index (χ4v) is 1.16. The van der Waals surface area contributed by atoms with Crippen molar-refractivity contribution in [2.45, 2.75) is 37.6 Å². The lowest BCUT2D eigenvalue weighted by Gasteiger charge is -2.21. The van der Waals surface area contributed by atoms with E-state index >= 15 is 0 Å². The van der Waals surface area contributed by atoms with E-state index in [0.29, 0.717) is 12.8 Å². The van der Waals surface area contributed by atoms with Gasteiger partial charge in [-0.3, -0.25) is 0 Å². The molecule has 1 aliphatic carbocycles. The molecule has 1 fully saturated rings. The molecular formula is C6H12O3. The van der Waals surface area contributed by atoms with Gasteiger partial charge in [0.15, 0.2) is 0 Å². The van der Waals surface area contributed by atoms with E-state index in [1.54, 1.807) is 0 Å². The van der Waals surface area contributed by atoms with Crippen LogP contribution in [-0.4, -0.2) is 33.1 Å². The highest BCUT2D eigenvalue weighted by atomic mass is 16.4. The van der Waals surface area contributed by atoms with E-state index in [2.05, 4.69) is 0 Å². The van der Waals surface area contributed by atoms with Gasteiger partial charge < -0.3 is 15.3 Å². The molecule has 0 bridgehead atoms. The van der Waals surface area contributed by atoms with Crippen molar-refractivity contribution in [2.75, 3.05) is 0 Å². The second kappa shape index (κ2) is 1.94. The molecule has 0 aromatic carbocycles. The molecule has 1 rings (SSSR count). The number of aliphatic hydroxyl groups excluding tert-OH is 2. The number of hydrogen-bond donors (Lipinski definition) is 3. The maximum absolute atomic E-state index is 9.22. The zero-order valence-corrected chi connectivity index (χ0v) is 5.41. The van der Waals surface area contributed by atoms with Crippen LogP contribution < -0.4 is 0 Å². The zero-order chi connectivity index (χ0) is 7.07. The van der Waals surface area contributed by atoms with Crippen molar-refractivity contribution in [3.63, 3.8) is 0 Å². The molecule has 1 saturated carbocycles. The van der Waals surface area contributed by atoms with Crippen LogP contribution >= 0.6 is 0 Å². The first kappa shape index (κ1) is 6.99. The molecule has 1 aliphatic rings. The monoisotopic (exact) mass is 132 g/mol. The molecule has 0 aromatic rings. The highest BCUT2D eigenvalue weighted by Gasteiger charge is 2.41. The number of aliphatic hydroxyl groups is 3. The maximum atomic E-state index is 9.22. The van der Waals surface area contributed by atoms with Crippen molar-refractivity contribution in [3.8, 4) is 0 Å². The van der Waals surface area contributed by atoms with Gasteiger partial charge in [-0.25, -0.2) is 0 Å². The van der Waals surface area contributed by atoms with Crippen molar-refractivity contribution >= 4 is 0 Å². The topological polar surface area (TPSA) is 60.7 Å². The van der Waals surface area contributed by atoms with Crippen molar-refractivity contribution in [2.24, 2.45) is 0 Å². The lowest BCUT2D eigenvalue weighted by atomic mass is 10.0. The molecule has 0 radical (unpaired) electrons. The summed E-state index contributed by atoms with van der Waals surface area (Å²) in [5.74, 6) is 0. The van der Waals surface area contributed by atoms with Crippen molar-refractivity contribution < 1.29 is 15.3 Å². The fourth-order valence-electron chi connectivity index (χ4n) is 1.16. The Morgan fingerprint density at radius 1 is 1.44 bits per heavy atom. The van der Waals surface area contributed by atoms with Crippen LogP contribution in [0.2, 0.25) is 0 Å². The molecule has 0 saturated heterocycles. The molecule has 0 spiro atoms. The highest BCUT2D eigenvalue weighted by Crippen LogP contribution is 2.29. The summed E-state index contributed by atoms with van der Waals surface area (Å²) in [4.78, 5) is 0. The average Bonchev–Trinajstić information content (AvgIpc) is 1.97. The minimum Gasteiger partial charge on any atom is -0.390 e. The Kier molecular flexibility index (Phi) is 1.50. The third-order valence-corrected chi connectivity index (χ3v) is 1.95. The lowest BCUT2D eigenvalue weighted by molar-refractivity contribution is -0.0752. The van der Waals surface area contributed by atoms with Gasteiger partial charge >= 0.3 is 0 Å². The Morgan fingerprint density at radius 3 is 2.11 bits per heavy atom. The first-order valence-corrected chi connectivity index (χ1v) is 3.12. The third kappa shape index (κ3) is 1.08. The number of hydrogen-bond acceptors (Lipinski definition) is 3. The lowest BCUT2D eigenvalue weighted by Crippen LogP contribution is -2.38. The summed E-state index contributed by atoms with van der Waals surface area (Å²) in [6.07, 6.45) is -0.721. The van der Waals surface area contributed by atoms with Crippen LogP contribution in [0.5, 0.6) is 0 Å². The normalized spacial score (nSPS) is 52.0. The van der Waals surface area contributed by atoms with E-state index in [9.17, 15) is 5.11 Å². The quantitative estimate of drug-likeness (QED) is 0.406. The van der Waals surface area contributed by atoms with Crippen LogP contribution in [0.4, 0.5) is 0 Å². The van der Waals surface area contributed by atoms with Crippen LogP contribution in [0.3, 0.4) is 0 Å². The summed E-state index contributed by atoms with van der Waals surface area (Å²) in [5.41, 5.74) is -1.07. The summed E-state index contributed by atoms with van der Waals surface area (Å²) >= 11 is 0. The predicted octanol–water partition coefficient (Wildman–Crippen LogP) is -0.747. The Labute approximate surface area is 53.9 Å². The summed E-state index contributed by atoms with van der Waals surface area (Å²) in [7, 11) is 0. The summed E-state index contributed by atoms with van der Waals surface area (Å²) < 4.78 is 0. The minimum atomic E-state index is -1.07. The van der Waals surface area contributed by atoms with E-state index < -0.39 is 17.8 Å². The smallest absolute Gasteiger partial charge is 0.108 e. The van der Waals surface area contributed by atoms with E-state index in [-0.39, 0.29) is 0 Å². The van der Waals surface area contributed by atoms with E-state index in [4.69, 9.17) is 10.2 Å². The van der Waals surface area contributed by atoms with Gasteiger partial charge in [0, 0.05) is 0 Å². The Bertz CT molecular complexity index is 111. The Balaban J connectivity index is 2.62. The van der Waals surface area contributed by atoms with Gasteiger partial charge in [0.1, 0.15) is 6.10 Å².